The molecule has 1 N–H and O–H groups in total. The van der Waals surface area contributed by atoms with Crippen molar-refractivity contribution in [3.05, 3.63) is 51.4 Å². The minimum Gasteiger partial charge on any atom is -0.354 e. The number of hydrogen-bond donors (Lipinski definition) is 1. The van der Waals surface area contributed by atoms with Gasteiger partial charge in [-0.3, -0.25) is 4.79 Å². The van der Waals surface area contributed by atoms with E-state index in [1.807, 2.05) is 0 Å². The standard InChI is InChI=1S/C17H13F3N2O/c18-17(19,20)9-5-6-14-11(7-9)12-8-15(23)21-13-4-2-1-3-10(13)16(12)22-14/h5-8,22H,1-4H2. The molecule has 4 rings (SSSR count). The Morgan fingerprint density at radius 2 is 1.83 bits per heavy atom. The van der Waals surface area contributed by atoms with Crippen LogP contribution in [0.2, 0.25) is 0 Å². The number of alkyl halides is 3. The number of benzene rings is 1. The number of aryl methyl sites for hydroxylation is 2. The van der Waals surface area contributed by atoms with Gasteiger partial charge in [0, 0.05) is 28.0 Å². The third-order valence-electron chi connectivity index (χ3n) is 4.42. The molecule has 0 bridgehead atoms. The summed E-state index contributed by atoms with van der Waals surface area (Å²) in [6.45, 7) is 0. The van der Waals surface area contributed by atoms with E-state index in [-0.39, 0.29) is 0 Å². The number of hydrogen-bond acceptors (Lipinski definition) is 2. The number of fused-ring (bicyclic) bond motifs is 5. The quantitative estimate of drug-likeness (QED) is 0.681. The van der Waals surface area contributed by atoms with Crippen LogP contribution in [0.5, 0.6) is 0 Å². The van der Waals surface area contributed by atoms with Gasteiger partial charge in [-0.05, 0) is 49.4 Å². The lowest BCUT2D eigenvalue weighted by molar-refractivity contribution is -0.137. The van der Waals surface area contributed by atoms with Crippen LogP contribution in [-0.4, -0.2) is 9.97 Å². The zero-order chi connectivity index (χ0) is 16.2. The van der Waals surface area contributed by atoms with Crippen molar-refractivity contribution in [2.45, 2.75) is 31.9 Å². The fourth-order valence-electron chi connectivity index (χ4n) is 3.35. The van der Waals surface area contributed by atoms with Crippen LogP contribution in [0.25, 0.3) is 21.8 Å². The highest BCUT2D eigenvalue weighted by Crippen LogP contribution is 2.35. The zero-order valence-corrected chi connectivity index (χ0v) is 12.1. The Morgan fingerprint density at radius 3 is 2.61 bits per heavy atom. The molecule has 23 heavy (non-hydrogen) atoms. The Balaban J connectivity index is 2.13. The number of aromatic nitrogens is 2. The van der Waals surface area contributed by atoms with Gasteiger partial charge in [0.15, 0.2) is 0 Å². The summed E-state index contributed by atoms with van der Waals surface area (Å²) in [5.41, 5.74) is 1.94. The zero-order valence-electron chi connectivity index (χ0n) is 12.1. The van der Waals surface area contributed by atoms with E-state index in [9.17, 15) is 18.0 Å². The average molecular weight is 318 g/mol. The van der Waals surface area contributed by atoms with Gasteiger partial charge in [-0.2, -0.15) is 13.2 Å². The summed E-state index contributed by atoms with van der Waals surface area (Å²) in [4.78, 5) is 19.3. The highest BCUT2D eigenvalue weighted by Gasteiger charge is 2.31. The summed E-state index contributed by atoms with van der Waals surface area (Å²) in [5.74, 6) is 0. The Morgan fingerprint density at radius 1 is 1.04 bits per heavy atom. The van der Waals surface area contributed by atoms with E-state index in [1.165, 1.54) is 12.1 Å². The van der Waals surface area contributed by atoms with E-state index in [0.29, 0.717) is 16.3 Å². The first-order chi connectivity index (χ1) is 10.9. The normalized spacial score (nSPS) is 15.1. The molecule has 0 aliphatic heterocycles. The second kappa shape index (κ2) is 4.81. The Kier molecular flexibility index (Phi) is 2.98. The van der Waals surface area contributed by atoms with Gasteiger partial charge in [0.1, 0.15) is 0 Å². The molecule has 6 heteroatoms. The lowest BCUT2D eigenvalue weighted by atomic mass is 9.96. The molecule has 0 atom stereocenters. The first-order valence-corrected chi connectivity index (χ1v) is 7.49. The number of nitrogens with zero attached hydrogens (tertiary/aromatic N) is 1. The van der Waals surface area contributed by atoms with E-state index in [1.54, 1.807) is 0 Å². The summed E-state index contributed by atoms with van der Waals surface area (Å²) in [7, 11) is 0. The molecule has 0 unspecified atom stereocenters. The average Bonchev–Trinajstić information content (AvgIpc) is 2.77. The molecular weight excluding hydrogens is 305 g/mol. The van der Waals surface area contributed by atoms with Gasteiger partial charge < -0.3 is 4.98 Å². The molecular formula is C17H13F3N2O. The van der Waals surface area contributed by atoms with Crippen LogP contribution < -0.4 is 5.56 Å². The third kappa shape index (κ3) is 2.29. The van der Waals surface area contributed by atoms with Crippen molar-refractivity contribution >= 4 is 21.8 Å². The van der Waals surface area contributed by atoms with Crippen molar-refractivity contribution in [1.29, 1.82) is 0 Å². The molecule has 3 nitrogen and oxygen atoms in total. The smallest absolute Gasteiger partial charge is 0.354 e. The lowest BCUT2D eigenvalue weighted by Gasteiger charge is -2.11. The lowest BCUT2D eigenvalue weighted by Crippen LogP contribution is -2.08. The molecule has 2 heterocycles. The number of halogens is 3. The second-order valence-corrected chi connectivity index (χ2v) is 5.90. The fourth-order valence-corrected chi connectivity index (χ4v) is 3.35. The maximum atomic E-state index is 13.0. The predicted octanol–water partition coefficient (Wildman–Crippen LogP) is 3.97. The van der Waals surface area contributed by atoms with Gasteiger partial charge in [-0.25, -0.2) is 4.98 Å². The second-order valence-electron chi connectivity index (χ2n) is 5.90. The molecule has 3 aromatic rings. The topological polar surface area (TPSA) is 45.8 Å². The van der Waals surface area contributed by atoms with Gasteiger partial charge in [0.25, 0.3) is 5.56 Å². The SMILES string of the molecule is O=c1cc2c([nH]c3ccc(C(F)(F)F)cc32)c2c(n1)CCCC2. The van der Waals surface area contributed by atoms with Gasteiger partial charge in [0.2, 0.25) is 0 Å². The Bertz CT molecular complexity index is 989. The molecule has 0 saturated carbocycles. The van der Waals surface area contributed by atoms with Crippen molar-refractivity contribution in [3.8, 4) is 0 Å². The van der Waals surface area contributed by atoms with E-state index in [2.05, 4.69) is 9.97 Å². The van der Waals surface area contributed by atoms with Crippen molar-refractivity contribution in [3.63, 3.8) is 0 Å². The van der Waals surface area contributed by atoms with Crippen molar-refractivity contribution in [2.24, 2.45) is 0 Å². The van der Waals surface area contributed by atoms with E-state index in [4.69, 9.17) is 0 Å². The molecule has 0 radical (unpaired) electrons. The number of H-pyrrole nitrogens is 1. The first kappa shape index (κ1) is 14.2. The third-order valence-corrected chi connectivity index (χ3v) is 4.42. The van der Waals surface area contributed by atoms with Crippen LogP contribution in [0, 0.1) is 0 Å². The maximum absolute atomic E-state index is 13.0. The number of aromatic amines is 1. The van der Waals surface area contributed by atoms with E-state index >= 15 is 0 Å². The molecule has 0 saturated heterocycles. The van der Waals surface area contributed by atoms with E-state index < -0.39 is 17.3 Å². The Hall–Kier alpha value is -2.37. The molecule has 2 aromatic heterocycles. The molecule has 118 valence electrons. The fraction of sp³-hybridized carbons (Fsp3) is 0.294. The predicted molar refractivity (Wildman–Crippen MR) is 81.5 cm³/mol. The molecule has 0 fully saturated rings. The monoisotopic (exact) mass is 318 g/mol. The van der Waals surface area contributed by atoms with Gasteiger partial charge in [-0.15, -0.1) is 0 Å². The van der Waals surface area contributed by atoms with Crippen LogP contribution in [0.1, 0.15) is 29.7 Å². The molecule has 1 aromatic carbocycles. The number of rotatable bonds is 0. The van der Waals surface area contributed by atoms with Gasteiger partial charge in [-0.1, -0.05) is 0 Å². The molecule has 1 aliphatic rings. The minimum atomic E-state index is -4.41. The van der Waals surface area contributed by atoms with Crippen molar-refractivity contribution in [2.75, 3.05) is 0 Å². The summed E-state index contributed by atoms with van der Waals surface area (Å²) >= 11 is 0. The maximum Gasteiger partial charge on any atom is 0.416 e. The highest BCUT2D eigenvalue weighted by atomic mass is 19.4. The summed E-state index contributed by atoms with van der Waals surface area (Å²) < 4.78 is 38.9. The molecule has 1 aliphatic carbocycles. The summed E-state index contributed by atoms with van der Waals surface area (Å²) in [6.07, 6.45) is -0.926. The number of nitrogens with one attached hydrogen (secondary N) is 1. The summed E-state index contributed by atoms with van der Waals surface area (Å²) in [6, 6.07) is 4.92. The van der Waals surface area contributed by atoms with Crippen molar-refractivity contribution in [1.82, 2.24) is 9.97 Å². The largest absolute Gasteiger partial charge is 0.416 e. The highest BCUT2D eigenvalue weighted by molar-refractivity contribution is 6.08. The minimum absolute atomic E-state index is 0.406. The van der Waals surface area contributed by atoms with Crippen LogP contribution in [0.3, 0.4) is 0 Å². The van der Waals surface area contributed by atoms with Crippen LogP contribution in [0.4, 0.5) is 13.2 Å². The van der Waals surface area contributed by atoms with Crippen LogP contribution >= 0.6 is 0 Å². The first-order valence-electron chi connectivity index (χ1n) is 7.49. The van der Waals surface area contributed by atoms with Gasteiger partial charge >= 0.3 is 6.18 Å². The molecule has 0 spiro atoms. The summed E-state index contributed by atoms with van der Waals surface area (Å²) in [5, 5.41) is 0.935. The van der Waals surface area contributed by atoms with Crippen LogP contribution in [0.15, 0.2) is 29.1 Å². The Labute approximate surface area is 129 Å². The van der Waals surface area contributed by atoms with Crippen molar-refractivity contribution < 1.29 is 13.2 Å². The molecule has 0 amide bonds. The van der Waals surface area contributed by atoms with E-state index in [0.717, 1.165) is 54.6 Å². The van der Waals surface area contributed by atoms with Crippen LogP contribution in [-0.2, 0) is 19.0 Å². The van der Waals surface area contributed by atoms with Gasteiger partial charge in [0.05, 0.1) is 11.1 Å².